The highest BCUT2D eigenvalue weighted by atomic mass is 31.3. The molecule has 69 heavy (non-hydrogen) atoms. The minimum absolute atomic E-state index is 0.0237. The number of unbranched alkanes of at least 4 members (excludes halogenated alkanes) is 15. The first-order valence-corrected chi connectivity index (χ1v) is 27.7. The molecule has 7 N–H and O–H groups in total. The summed E-state index contributed by atoms with van der Waals surface area (Å²) in [5, 5.41) is 31.1. The van der Waals surface area contributed by atoms with Crippen molar-refractivity contribution in [3.05, 3.63) is 71.4 Å². The van der Waals surface area contributed by atoms with Gasteiger partial charge in [0.05, 0.1) is 19.3 Å². The molecule has 1 aromatic rings. The zero-order valence-corrected chi connectivity index (χ0v) is 42.5. The Hall–Kier alpha value is -3.32. The second kappa shape index (κ2) is 36.6. The lowest BCUT2D eigenvalue weighted by atomic mass is 10.1. The van der Waals surface area contributed by atoms with E-state index >= 15 is 0 Å². The number of allylic oxidation sites excluding steroid dienone is 7. The summed E-state index contributed by atoms with van der Waals surface area (Å²) in [5.41, 5.74) is 4.58. The number of phosphoric ester groups is 2. The van der Waals surface area contributed by atoms with E-state index in [2.05, 4.69) is 47.4 Å². The van der Waals surface area contributed by atoms with Gasteiger partial charge in [0.1, 0.15) is 30.7 Å². The highest BCUT2D eigenvalue weighted by Gasteiger charge is 2.46. The summed E-state index contributed by atoms with van der Waals surface area (Å²) in [6, 6.07) is 1.24. The largest absolute Gasteiger partial charge is 0.481 e. The second-order valence-corrected chi connectivity index (χ2v) is 20.2. The molecule has 2 heterocycles. The quantitative estimate of drug-likeness (QED) is 0.0118. The Labute approximate surface area is 408 Å². The fraction of sp³-hybridized carbons (Fsp3) is 0.708. The Morgan fingerprint density at radius 3 is 2.04 bits per heavy atom. The van der Waals surface area contributed by atoms with E-state index in [-0.39, 0.29) is 18.7 Å². The van der Waals surface area contributed by atoms with Crippen molar-refractivity contribution in [2.24, 2.45) is 0 Å². The molecule has 0 aromatic carbocycles. The van der Waals surface area contributed by atoms with E-state index in [1.54, 1.807) is 6.08 Å². The number of nitrogens with zero attached hydrogens (tertiary/aromatic N) is 2. The molecule has 394 valence electrons. The van der Waals surface area contributed by atoms with E-state index in [0.717, 1.165) is 101 Å². The van der Waals surface area contributed by atoms with Crippen molar-refractivity contribution < 1.29 is 71.4 Å². The van der Waals surface area contributed by atoms with Crippen LogP contribution in [0.4, 0.5) is 5.82 Å². The van der Waals surface area contributed by atoms with Crippen LogP contribution >= 0.6 is 15.6 Å². The molecule has 19 nitrogen and oxygen atoms in total. The number of hydrogen-bond acceptors (Lipinski definition) is 16. The number of anilines is 1. The van der Waals surface area contributed by atoms with Crippen molar-refractivity contribution in [1.82, 2.24) is 9.55 Å². The number of aromatic nitrogens is 2. The van der Waals surface area contributed by atoms with Crippen molar-refractivity contribution in [1.29, 1.82) is 0 Å². The van der Waals surface area contributed by atoms with Gasteiger partial charge in [0.25, 0.3) is 0 Å². The summed E-state index contributed by atoms with van der Waals surface area (Å²) in [6.45, 7) is 1.91. The molecule has 0 amide bonds. The maximum Gasteiger partial charge on any atom is 0.481 e. The monoisotopic (exact) mass is 1020 g/mol. The van der Waals surface area contributed by atoms with Crippen LogP contribution in [0.1, 0.15) is 168 Å². The number of esters is 2. The Bertz CT molecular complexity index is 1860. The molecule has 3 unspecified atom stereocenters. The van der Waals surface area contributed by atoms with E-state index in [0.29, 0.717) is 19.3 Å². The molecule has 1 aliphatic heterocycles. The lowest BCUT2D eigenvalue weighted by Gasteiger charge is -2.21. The van der Waals surface area contributed by atoms with Crippen LogP contribution in [0.5, 0.6) is 0 Å². The number of nitrogen functional groups attached to an aromatic ring is 1. The maximum atomic E-state index is 12.8. The first-order chi connectivity index (χ1) is 33.1. The molecular formula is C48H81N3O16P2. The van der Waals surface area contributed by atoms with Crippen LogP contribution in [0.3, 0.4) is 0 Å². The van der Waals surface area contributed by atoms with Gasteiger partial charge in [-0.25, -0.2) is 13.9 Å². The third kappa shape index (κ3) is 29.6. The van der Waals surface area contributed by atoms with Gasteiger partial charge in [-0.1, -0.05) is 140 Å². The summed E-state index contributed by atoms with van der Waals surface area (Å²) in [7, 11) is -10.9. The van der Waals surface area contributed by atoms with Gasteiger partial charge < -0.3 is 45.1 Å². The van der Waals surface area contributed by atoms with Crippen LogP contribution in [0.2, 0.25) is 0 Å². The SMILES string of the molecule is CC/C=C/C/C=C/C=C/C(O)CCCCCCCC(=O)OC[C@H](COP(=O)(O)OP(=O)(O)OC[C@H]1O[C@@H](n2ccc(N)nc2=O)[C@H](O)[C@@H]1O)OC(=O)CCCCCCCCC/C=C\CCCCCC. The highest BCUT2D eigenvalue weighted by Crippen LogP contribution is 2.60. The fourth-order valence-electron chi connectivity index (χ4n) is 7.14. The fourth-order valence-corrected chi connectivity index (χ4v) is 9.25. The molecule has 1 fully saturated rings. The molecule has 0 radical (unpaired) electrons. The van der Waals surface area contributed by atoms with E-state index in [1.165, 1.54) is 31.7 Å². The summed E-state index contributed by atoms with van der Waals surface area (Å²) in [4.78, 5) is 61.9. The zero-order chi connectivity index (χ0) is 50.8. The smallest absolute Gasteiger partial charge is 0.462 e. The number of rotatable bonds is 40. The standard InChI is InChI=1S/C48H81N3O16P2/c1-3-5-7-9-11-12-13-14-15-16-17-18-20-24-29-33-44(54)65-40(36-62-43(53)32-28-25-21-23-27-31-39(52)30-26-22-19-10-8-6-4-2)37-63-68(58,59)67-69(60,61)64-38-41-45(55)46(56)47(66-41)51-35-34-42(49)50-48(51)57/h6,8,12-13,19,22,26,30,34-35,39-41,45-47,52,55-56H,3-5,7,9-11,14-18,20-21,23-25,27-29,31-33,36-38H2,1-2H3,(H,58,59)(H,60,61)(H2,49,50,57)/b8-6+,13-12-,22-19+,30-26+/t39?,40-,41-,45-,46-,47-/m1/s1. The average Bonchev–Trinajstić information content (AvgIpc) is 3.58. The number of aliphatic hydroxyl groups excluding tert-OH is 3. The van der Waals surface area contributed by atoms with Crippen LogP contribution in [-0.4, -0.2) is 96.9 Å². The molecule has 1 aliphatic rings. The summed E-state index contributed by atoms with van der Waals surface area (Å²) < 4.78 is 56.7. The van der Waals surface area contributed by atoms with Gasteiger partial charge in [-0.15, -0.1) is 0 Å². The van der Waals surface area contributed by atoms with Crippen molar-refractivity contribution >= 4 is 33.4 Å². The Morgan fingerprint density at radius 2 is 1.39 bits per heavy atom. The van der Waals surface area contributed by atoms with Crippen LogP contribution in [0, 0.1) is 0 Å². The predicted molar refractivity (Wildman–Crippen MR) is 262 cm³/mol. The molecule has 21 heteroatoms. The number of carbonyl (C=O) groups is 2. The van der Waals surface area contributed by atoms with E-state index in [4.69, 9.17) is 29.0 Å². The molecule has 0 aliphatic carbocycles. The molecular weight excluding hydrogens is 936 g/mol. The van der Waals surface area contributed by atoms with E-state index in [9.17, 15) is 48.6 Å². The van der Waals surface area contributed by atoms with Crippen LogP contribution in [0.15, 0.2) is 65.7 Å². The van der Waals surface area contributed by atoms with Crippen molar-refractivity contribution in [3.63, 3.8) is 0 Å². The number of aliphatic hydroxyl groups is 3. The van der Waals surface area contributed by atoms with E-state index < -0.39 is 89.8 Å². The number of nitrogens with two attached hydrogens (primary N) is 1. The van der Waals surface area contributed by atoms with Crippen LogP contribution < -0.4 is 11.4 Å². The van der Waals surface area contributed by atoms with E-state index in [1.807, 2.05) is 18.2 Å². The van der Waals surface area contributed by atoms with Crippen molar-refractivity contribution in [3.8, 4) is 0 Å². The predicted octanol–water partition coefficient (Wildman–Crippen LogP) is 8.75. The first kappa shape index (κ1) is 61.8. The lowest BCUT2D eigenvalue weighted by Crippen LogP contribution is -2.36. The van der Waals surface area contributed by atoms with Gasteiger partial charge in [-0.2, -0.15) is 9.29 Å². The first-order valence-electron chi connectivity index (χ1n) is 24.8. The molecule has 1 saturated heterocycles. The van der Waals surface area contributed by atoms with Gasteiger partial charge in [0.15, 0.2) is 12.3 Å². The zero-order valence-electron chi connectivity index (χ0n) is 40.7. The second-order valence-electron chi connectivity index (χ2n) is 17.1. The topological polar surface area (TPSA) is 286 Å². The summed E-state index contributed by atoms with van der Waals surface area (Å²) in [5.74, 6) is -1.38. The Kier molecular flexibility index (Phi) is 32.8. The van der Waals surface area contributed by atoms with Crippen molar-refractivity contribution in [2.75, 3.05) is 25.6 Å². The van der Waals surface area contributed by atoms with Crippen LogP contribution in [-0.2, 0) is 46.3 Å². The van der Waals surface area contributed by atoms with Crippen molar-refractivity contribution in [2.45, 2.75) is 198 Å². The number of carbonyl (C=O) groups excluding carboxylic acids is 2. The number of ether oxygens (including phenoxy) is 3. The van der Waals surface area contributed by atoms with Crippen LogP contribution in [0.25, 0.3) is 0 Å². The Morgan fingerprint density at radius 1 is 0.783 bits per heavy atom. The van der Waals surface area contributed by atoms with Gasteiger partial charge in [0.2, 0.25) is 0 Å². The highest BCUT2D eigenvalue weighted by molar-refractivity contribution is 7.61. The van der Waals surface area contributed by atoms with Gasteiger partial charge in [0, 0.05) is 19.0 Å². The molecule has 8 atom stereocenters. The van der Waals surface area contributed by atoms with Gasteiger partial charge >= 0.3 is 33.3 Å². The lowest BCUT2D eigenvalue weighted by molar-refractivity contribution is -0.161. The molecule has 2 rings (SSSR count). The minimum Gasteiger partial charge on any atom is -0.462 e. The molecule has 1 aromatic heterocycles. The summed E-state index contributed by atoms with van der Waals surface area (Å²) >= 11 is 0. The Balaban J connectivity index is 1.83. The molecule has 0 saturated carbocycles. The number of phosphoric acid groups is 2. The minimum atomic E-state index is -5.44. The number of hydrogen-bond donors (Lipinski definition) is 6. The third-order valence-corrected chi connectivity index (χ3v) is 13.6. The molecule has 0 spiro atoms. The summed E-state index contributed by atoms with van der Waals surface area (Å²) in [6.07, 6.45) is 29.2. The third-order valence-electron chi connectivity index (χ3n) is 11.0. The maximum absolute atomic E-state index is 12.8. The van der Waals surface area contributed by atoms with Gasteiger partial charge in [-0.05, 0) is 63.9 Å². The average molecular weight is 1020 g/mol. The normalized spacial score (nSPS) is 20.2. The van der Waals surface area contributed by atoms with Gasteiger partial charge in [-0.3, -0.25) is 23.2 Å². The molecule has 0 bridgehead atoms.